The standard InChI is InChI=1S/C14H21Br2NO2/c1-10(9-18)4-3-5-17-8-11-6-12(15)14(19-2)13(16)7-11/h6-7,10,17-18H,3-5,8-9H2,1-2H3. The third-order valence-electron chi connectivity index (χ3n) is 2.95. The number of nitrogens with one attached hydrogen (secondary N) is 1. The van der Waals surface area contributed by atoms with Crippen LogP contribution in [-0.4, -0.2) is 25.4 Å². The van der Waals surface area contributed by atoms with E-state index in [1.165, 1.54) is 5.56 Å². The summed E-state index contributed by atoms with van der Waals surface area (Å²) in [6.45, 7) is 4.14. The van der Waals surface area contributed by atoms with Crippen LogP contribution < -0.4 is 10.1 Å². The first-order valence-corrected chi connectivity index (χ1v) is 8.00. The maximum absolute atomic E-state index is 8.94. The molecule has 1 unspecified atom stereocenters. The van der Waals surface area contributed by atoms with Gasteiger partial charge in [0.05, 0.1) is 16.1 Å². The van der Waals surface area contributed by atoms with Crippen LogP contribution in [0, 0.1) is 5.92 Å². The molecule has 0 aliphatic carbocycles. The summed E-state index contributed by atoms with van der Waals surface area (Å²) >= 11 is 7.00. The summed E-state index contributed by atoms with van der Waals surface area (Å²) in [5, 5.41) is 12.3. The molecular formula is C14H21Br2NO2. The van der Waals surface area contributed by atoms with Crippen LogP contribution in [0.1, 0.15) is 25.3 Å². The zero-order chi connectivity index (χ0) is 14.3. The van der Waals surface area contributed by atoms with Crippen molar-refractivity contribution in [2.24, 2.45) is 5.92 Å². The van der Waals surface area contributed by atoms with E-state index < -0.39 is 0 Å². The average Bonchev–Trinajstić information content (AvgIpc) is 2.37. The van der Waals surface area contributed by atoms with Gasteiger partial charge in [-0.1, -0.05) is 6.92 Å². The number of hydrogen-bond acceptors (Lipinski definition) is 3. The van der Waals surface area contributed by atoms with E-state index in [0.29, 0.717) is 5.92 Å². The molecule has 0 aliphatic heterocycles. The van der Waals surface area contributed by atoms with E-state index in [0.717, 1.165) is 40.6 Å². The Kier molecular flexibility index (Phi) is 7.99. The van der Waals surface area contributed by atoms with Crippen molar-refractivity contribution < 1.29 is 9.84 Å². The number of aliphatic hydroxyl groups is 1. The summed E-state index contributed by atoms with van der Waals surface area (Å²) in [6, 6.07) is 4.12. The molecule has 0 aromatic heterocycles. The van der Waals surface area contributed by atoms with Crippen molar-refractivity contribution in [3.8, 4) is 5.75 Å². The van der Waals surface area contributed by atoms with Gasteiger partial charge in [-0.15, -0.1) is 0 Å². The molecule has 1 aromatic carbocycles. The van der Waals surface area contributed by atoms with Crippen molar-refractivity contribution in [1.29, 1.82) is 0 Å². The second kappa shape index (κ2) is 8.95. The fraction of sp³-hybridized carbons (Fsp3) is 0.571. The Bertz CT molecular complexity index is 376. The quantitative estimate of drug-likeness (QED) is 0.660. The Morgan fingerprint density at radius 2 is 1.95 bits per heavy atom. The van der Waals surface area contributed by atoms with Crippen LogP contribution in [0.5, 0.6) is 5.75 Å². The highest BCUT2D eigenvalue weighted by molar-refractivity contribution is 9.11. The van der Waals surface area contributed by atoms with Crippen molar-refractivity contribution in [2.75, 3.05) is 20.3 Å². The maximum atomic E-state index is 8.94. The molecule has 108 valence electrons. The van der Waals surface area contributed by atoms with Crippen LogP contribution >= 0.6 is 31.9 Å². The molecular weight excluding hydrogens is 374 g/mol. The van der Waals surface area contributed by atoms with Gasteiger partial charge in [0.15, 0.2) is 0 Å². The molecule has 0 radical (unpaired) electrons. The normalized spacial score (nSPS) is 12.5. The SMILES string of the molecule is COc1c(Br)cc(CNCCCC(C)CO)cc1Br. The predicted octanol–water partition coefficient (Wildman–Crippen LogP) is 3.72. The van der Waals surface area contributed by atoms with Gasteiger partial charge in [-0.05, 0) is 74.9 Å². The second-order valence-corrected chi connectivity index (χ2v) is 6.41. The maximum Gasteiger partial charge on any atom is 0.147 e. The van der Waals surface area contributed by atoms with Gasteiger partial charge < -0.3 is 15.2 Å². The van der Waals surface area contributed by atoms with Crippen LogP contribution in [0.4, 0.5) is 0 Å². The monoisotopic (exact) mass is 393 g/mol. The minimum atomic E-state index is 0.276. The van der Waals surface area contributed by atoms with E-state index in [-0.39, 0.29) is 6.61 Å². The van der Waals surface area contributed by atoms with Gasteiger partial charge in [-0.25, -0.2) is 0 Å². The molecule has 2 N–H and O–H groups in total. The molecule has 1 atom stereocenters. The van der Waals surface area contributed by atoms with Gasteiger partial charge in [-0.2, -0.15) is 0 Å². The van der Waals surface area contributed by atoms with E-state index in [4.69, 9.17) is 9.84 Å². The third kappa shape index (κ3) is 5.81. The van der Waals surface area contributed by atoms with E-state index in [9.17, 15) is 0 Å². The summed E-state index contributed by atoms with van der Waals surface area (Å²) in [7, 11) is 1.66. The van der Waals surface area contributed by atoms with Gasteiger partial charge in [0.2, 0.25) is 0 Å². The largest absolute Gasteiger partial charge is 0.494 e. The molecule has 0 heterocycles. The van der Waals surface area contributed by atoms with Crippen LogP contribution in [0.3, 0.4) is 0 Å². The summed E-state index contributed by atoms with van der Waals surface area (Å²) in [5.41, 5.74) is 1.20. The van der Waals surface area contributed by atoms with Crippen molar-refractivity contribution in [1.82, 2.24) is 5.32 Å². The van der Waals surface area contributed by atoms with Gasteiger partial charge in [0.25, 0.3) is 0 Å². The highest BCUT2D eigenvalue weighted by Gasteiger charge is 2.07. The van der Waals surface area contributed by atoms with E-state index in [1.54, 1.807) is 7.11 Å². The third-order valence-corrected chi connectivity index (χ3v) is 4.13. The lowest BCUT2D eigenvalue weighted by Gasteiger charge is -2.11. The molecule has 0 aliphatic rings. The zero-order valence-electron chi connectivity index (χ0n) is 11.4. The number of ether oxygens (including phenoxy) is 1. The first-order valence-electron chi connectivity index (χ1n) is 6.42. The Hall–Kier alpha value is -0.100. The van der Waals surface area contributed by atoms with Crippen LogP contribution in [0.25, 0.3) is 0 Å². The number of aliphatic hydroxyl groups excluding tert-OH is 1. The van der Waals surface area contributed by atoms with Crippen molar-refractivity contribution in [3.63, 3.8) is 0 Å². The van der Waals surface area contributed by atoms with E-state index >= 15 is 0 Å². The first-order chi connectivity index (χ1) is 9.08. The summed E-state index contributed by atoms with van der Waals surface area (Å²) in [4.78, 5) is 0. The molecule has 5 heteroatoms. The van der Waals surface area contributed by atoms with Gasteiger partial charge in [0.1, 0.15) is 5.75 Å². The lowest BCUT2D eigenvalue weighted by molar-refractivity contribution is 0.228. The van der Waals surface area contributed by atoms with Crippen molar-refractivity contribution >= 4 is 31.9 Å². The highest BCUT2D eigenvalue weighted by Crippen LogP contribution is 2.34. The number of methoxy groups -OCH3 is 1. The number of benzene rings is 1. The smallest absolute Gasteiger partial charge is 0.147 e. The Morgan fingerprint density at radius 1 is 1.32 bits per heavy atom. The van der Waals surface area contributed by atoms with Crippen LogP contribution in [-0.2, 0) is 6.54 Å². The molecule has 0 saturated carbocycles. The molecule has 3 nitrogen and oxygen atoms in total. The molecule has 0 saturated heterocycles. The Morgan fingerprint density at radius 3 is 2.47 bits per heavy atom. The van der Waals surface area contributed by atoms with E-state index in [1.807, 2.05) is 0 Å². The molecule has 19 heavy (non-hydrogen) atoms. The number of halogens is 2. The Balaban J connectivity index is 2.38. The topological polar surface area (TPSA) is 41.5 Å². The van der Waals surface area contributed by atoms with E-state index in [2.05, 4.69) is 56.2 Å². The second-order valence-electron chi connectivity index (χ2n) is 4.70. The fourth-order valence-corrected chi connectivity index (χ4v) is 3.41. The van der Waals surface area contributed by atoms with Gasteiger partial charge in [0, 0.05) is 13.2 Å². The van der Waals surface area contributed by atoms with Crippen molar-refractivity contribution in [2.45, 2.75) is 26.3 Å². The fourth-order valence-electron chi connectivity index (χ4n) is 1.81. The summed E-state index contributed by atoms with van der Waals surface area (Å²) in [5.74, 6) is 1.21. The summed E-state index contributed by atoms with van der Waals surface area (Å²) in [6.07, 6.45) is 2.14. The van der Waals surface area contributed by atoms with Crippen LogP contribution in [0.2, 0.25) is 0 Å². The lowest BCUT2D eigenvalue weighted by atomic mass is 10.1. The summed E-state index contributed by atoms with van der Waals surface area (Å²) < 4.78 is 7.18. The first kappa shape index (κ1) is 17.0. The van der Waals surface area contributed by atoms with Gasteiger partial charge >= 0.3 is 0 Å². The molecule has 0 spiro atoms. The predicted molar refractivity (Wildman–Crippen MR) is 85.6 cm³/mol. The number of hydrogen-bond donors (Lipinski definition) is 2. The Labute approximate surface area is 132 Å². The zero-order valence-corrected chi connectivity index (χ0v) is 14.6. The number of rotatable bonds is 8. The minimum Gasteiger partial charge on any atom is -0.494 e. The highest BCUT2D eigenvalue weighted by atomic mass is 79.9. The van der Waals surface area contributed by atoms with Gasteiger partial charge in [-0.3, -0.25) is 0 Å². The molecule has 1 rings (SSSR count). The molecule has 0 amide bonds. The van der Waals surface area contributed by atoms with Crippen LogP contribution in [0.15, 0.2) is 21.1 Å². The average molecular weight is 395 g/mol. The molecule has 0 fully saturated rings. The molecule has 1 aromatic rings. The van der Waals surface area contributed by atoms with Crippen molar-refractivity contribution in [3.05, 3.63) is 26.6 Å². The lowest BCUT2D eigenvalue weighted by Crippen LogP contribution is -2.16. The minimum absolute atomic E-state index is 0.276. The molecule has 0 bridgehead atoms.